The average Bonchev–Trinajstić information content (AvgIpc) is 2.52. The van der Waals surface area contributed by atoms with Gasteiger partial charge in [-0.05, 0) is 43.4 Å². The monoisotopic (exact) mass is 267 g/mol. The minimum atomic E-state index is -0.427. The van der Waals surface area contributed by atoms with Crippen LogP contribution in [0.2, 0.25) is 0 Å². The Morgan fingerprint density at radius 3 is 2.26 bits per heavy atom. The second kappa shape index (κ2) is 6.13. The summed E-state index contributed by atoms with van der Waals surface area (Å²) in [6, 6.07) is 0.611. The number of hydrogen-bond donors (Lipinski definition) is 2. The van der Waals surface area contributed by atoms with Crippen molar-refractivity contribution >= 4 is 0 Å². The van der Waals surface area contributed by atoms with Crippen LogP contribution in [-0.2, 0) is 0 Å². The van der Waals surface area contributed by atoms with E-state index in [0.29, 0.717) is 11.5 Å². The minimum absolute atomic E-state index is 0.427. The van der Waals surface area contributed by atoms with Gasteiger partial charge in [0.1, 0.15) is 0 Å². The minimum Gasteiger partial charge on any atom is -0.389 e. The fourth-order valence-electron chi connectivity index (χ4n) is 4.13. The van der Waals surface area contributed by atoms with Crippen LogP contribution in [0.4, 0.5) is 0 Å². The normalized spacial score (nSPS) is 34.7. The van der Waals surface area contributed by atoms with Gasteiger partial charge in [0, 0.05) is 12.6 Å². The van der Waals surface area contributed by atoms with Gasteiger partial charge in [-0.3, -0.25) is 0 Å². The van der Waals surface area contributed by atoms with Crippen molar-refractivity contribution in [2.75, 3.05) is 6.54 Å². The predicted molar refractivity (Wildman–Crippen MR) is 81.2 cm³/mol. The van der Waals surface area contributed by atoms with Crippen molar-refractivity contribution in [1.29, 1.82) is 0 Å². The van der Waals surface area contributed by atoms with E-state index in [-0.39, 0.29) is 0 Å². The Labute approximate surface area is 119 Å². The lowest BCUT2D eigenvalue weighted by molar-refractivity contribution is 0.0167. The van der Waals surface area contributed by atoms with E-state index >= 15 is 0 Å². The maximum Gasteiger partial charge on any atom is 0.0771 e. The van der Waals surface area contributed by atoms with E-state index < -0.39 is 5.60 Å². The Morgan fingerprint density at radius 2 is 1.68 bits per heavy atom. The maximum atomic E-state index is 10.7. The Morgan fingerprint density at radius 1 is 1.05 bits per heavy atom. The number of rotatable bonds is 3. The van der Waals surface area contributed by atoms with E-state index in [0.717, 1.165) is 25.3 Å². The van der Waals surface area contributed by atoms with Gasteiger partial charge < -0.3 is 10.4 Å². The molecular formula is C17H33NO. The molecule has 2 nitrogen and oxygen atoms in total. The van der Waals surface area contributed by atoms with Gasteiger partial charge in [-0.1, -0.05) is 46.5 Å². The summed E-state index contributed by atoms with van der Waals surface area (Å²) in [5.41, 5.74) is 0.0833. The highest BCUT2D eigenvalue weighted by Gasteiger charge is 2.34. The third-order valence-electron chi connectivity index (χ3n) is 5.42. The topological polar surface area (TPSA) is 32.3 Å². The third kappa shape index (κ3) is 4.46. The SMILES string of the molecule is CC1CC(C)(C)CCC1NCC1(O)CCCCCC1. The highest BCUT2D eigenvalue weighted by Crippen LogP contribution is 2.38. The molecule has 2 N–H and O–H groups in total. The zero-order valence-electron chi connectivity index (χ0n) is 13.2. The van der Waals surface area contributed by atoms with Gasteiger partial charge in [0.2, 0.25) is 0 Å². The number of nitrogens with one attached hydrogen (secondary N) is 1. The average molecular weight is 267 g/mol. The molecule has 0 bridgehead atoms. The predicted octanol–water partition coefficient (Wildman–Crippen LogP) is 3.88. The summed E-state index contributed by atoms with van der Waals surface area (Å²) in [7, 11) is 0. The van der Waals surface area contributed by atoms with Crippen molar-refractivity contribution in [2.24, 2.45) is 11.3 Å². The molecule has 2 atom stereocenters. The first kappa shape index (κ1) is 15.3. The molecule has 2 fully saturated rings. The van der Waals surface area contributed by atoms with Crippen molar-refractivity contribution in [3.8, 4) is 0 Å². The lowest BCUT2D eigenvalue weighted by atomic mass is 9.70. The lowest BCUT2D eigenvalue weighted by Gasteiger charge is -2.41. The van der Waals surface area contributed by atoms with Crippen LogP contribution in [0.25, 0.3) is 0 Å². The van der Waals surface area contributed by atoms with E-state index in [4.69, 9.17) is 0 Å². The zero-order chi connectivity index (χ0) is 13.9. The molecule has 0 aromatic rings. The smallest absolute Gasteiger partial charge is 0.0771 e. The van der Waals surface area contributed by atoms with E-state index in [1.165, 1.54) is 44.9 Å². The van der Waals surface area contributed by atoms with E-state index in [2.05, 4.69) is 26.1 Å². The second-order valence-electron chi connectivity index (χ2n) is 8.01. The summed E-state index contributed by atoms with van der Waals surface area (Å²) in [5, 5.41) is 14.4. The summed E-state index contributed by atoms with van der Waals surface area (Å²) < 4.78 is 0. The molecule has 0 aromatic heterocycles. The van der Waals surface area contributed by atoms with Crippen LogP contribution in [0.1, 0.15) is 78.6 Å². The van der Waals surface area contributed by atoms with Crippen molar-refractivity contribution in [3.63, 3.8) is 0 Å². The lowest BCUT2D eigenvalue weighted by Crippen LogP contribution is -2.48. The molecule has 0 aromatic carbocycles. The van der Waals surface area contributed by atoms with Crippen molar-refractivity contribution < 1.29 is 5.11 Å². The van der Waals surface area contributed by atoms with Crippen LogP contribution < -0.4 is 5.32 Å². The molecule has 0 amide bonds. The molecular weight excluding hydrogens is 234 g/mol. The first-order chi connectivity index (χ1) is 8.90. The van der Waals surface area contributed by atoms with Crippen LogP contribution in [0, 0.1) is 11.3 Å². The number of hydrogen-bond acceptors (Lipinski definition) is 2. The molecule has 112 valence electrons. The molecule has 2 aliphatic carbocycles. The van der Waals surface area contributed by atoms with Gasteiger partial charge in [-0.2, -0.15) is 0 Å². The van der Waals surface area contributed by atoms with Crippen LogP contribution >= 0.6 is 0 Å². The fourth-order valence-corrected chi connectivity index (χ4v) is 4.13. The Bertz CT molecular complexity index is 279. The summed E-state index contributed by atoms with van der Waals surface area (Å²) in [6.45, 7) is 7.95. The van der Waals surface area contributed by atoms with Gasteiger partial charge in [-0.15, -0.1) is 0 Å². The zero-order valence-corrected chi connectivity index (χ0v) is 13.2. The molecule has 0 radical (unpaired) electrons. The van der Waals surface area contributed by atoms with E-state index in [1.54, 1.807) is 0 Å². The Balaban J connectivity index is 1.81. The quantitative estimate of drug-likeness (QED) is 0.761. The van der Waals surface area contributed by atoms with Crippen molar-refractivity contribution in [2.45, 2.75) is 90.2 Å². The summed E-state index contributed by atoms with van der Waals surface area (Å²) in [5.74, 6) is 0.734. The molecule has 2 rings (SSSR count). The molecule has 19 heavy (non-hydrogen) atoms. The molecule has 2 unspecified atom stereocenters. The van der Waals surface area contributed by atoms with E-state index in [1.807, 2.05) is 0 Å². The van der Waals surface area contributed by atoms with Gasteiger partial charge >= 0.3 is 0 Å². The molecule has 0 heterocycles. The van der Waals surface area contributed by atoms with Gasteiger partial charge in [0.25, 0.3) is 0 Å². The van der Waals surface area contributed by atoms with Gasteiger partial charge in [0.05, 0.1) is 5.60 Å². The van der Waals surface area contributed by atoms with Crippen LogP contribution in [0.5, 0.6) is 0 Å². The maximum absolute atomic E-state index is 10.7. The van der Waals surface area contributed by atoms with Crippen LogP contribution in [-0.4, -0.2) is 23.3 Å². The summed E-state index contributed by atoms with van der Waals surface area (Å²) >= 11 is 0. The summed E-state index contributed by atoms with van der Waals surface area (Å²) in [6.07, 6.45) is 10.9. The van der Waals surface area contributed by atoms with Crippen LogP contribution in [0.15, 0.2) is 0 Å². The highest BCUT2D eigenvalue weighted by atomic mass is 16.3. The molecule has 2 saturated carbocycles. The van der Waals surface area contributed by atoms with Gasteiger partial charge in [0.15, 0.2) is 0 Å². The van der Waals surface area contributed by atoms with E-state index in [9.17, 15) is 5.11 Å². The first-order valence-electron chi connectivity index (χ1n) is 8.36. The van der Waals surface area contributed by atoms with Crippen molar-refractivity contribution in [3.05, 3.63) is 0 Å². The Kier molecular flexibility index (Phi) is 4.94. The highest BCUT2D eigenvalue weighted by molar-refractivity contribution is 4.90. The molecule has 2 aliphatic rings. The Hall–Kier alpha value is -0.0800. The number of aliphatic hydroxyl groups is 1. The molecule has 0 spiro atoms. The largest absolute Gasteiger partial charge is 0.389 e. The van der Waals surface area contributed by atoms with Crippen LogP contribution in [0.3, 0.4) is 0 Å². The van der Waals surface area contributed by atoms with Crippen molar-refractivity contribution in [1.82, 2.24) is 5.32 Å². The second-order valence-corrected chi connectivity index (χ2v) is 8.01. The first-order valence-corrected chi connectivity index (χ1v) is 8.36. The van der Waals surface area contributed by atoms with Gasteiger partial charge in [-0.25, -0.2) is 0 Å². The molecule has 0 aliphatic heterocycles. The standard InChI is InChI=1S/C17H33NO/c1-14-12-16(2,3)11-8-15(14)18-13-17(19)9-6-4-5-7-10-17/h14-15,18-19H,4-13H2,1-3H3. The summed E-state index contributed by atoms with van der Waals surface area (Å²) in [4.78, 5) is 0. The molecule has 0 saturated heterocycles. The third-order valence-corrected chi connectivity index (χ3v) is 5.42. The fraction of sp³-hybridized carbons (Fsp3) is 1.00. The molecule has 2 heteroatoms.